The molecule has 0 aliphatic carbocycles. The first-order chi connectivity index (χ1) is 14.8. The van der Waals surface area contributed by atoms with Crippen LogP contribution in [0.15, 0.2) is 59.5 Å². The molecule has 1 atom stereocenters. The summed E-state index contributed by atoms with van der Waals surface area (Å²) in [5, 5.41) is 5.17. The largest absolute Gasteiger partial charge is 0.334 e. The summed E-state index contributed by atoms with van der Waals surface area (Å²) < 4.78 is 27.1. The Kier molecular flexibility index (Phi) is 7.66. The molecule has 0 bridgehead atoms. The number of piperazine rings is 1. The molecule has 1 aliphatic heterocycles. The van der Waals surface area contributed by atoms with E-state index in [1.54, 1.807) is 25.1 Å². The van der Waals surface area contributed by atoms with Gasteiger partial charge in [-0.25, -0.2) is 13.2 Å². The van der Waals surface area contributed by atoms with Crippen LogP contribution in [0.4, 0.5) is 4.79 Å². The maximum absolute atomic E-state index is 12.8. The molecule has 3 amide bonds. The summed E-state index contributed by atoms with van der Waals surface area (Å²) in [6.45, 7) is 3.19. The number of amides is 3. The van der Waals surface area contributed by atoms with E-state index in [4.69, 9.17) is 11.6 Å². The highest BCUT2D eigenvalue weighted by Gasteiger charge is 2.33. The molecule has 1 aliphatic rings. The third kappa shape index (κ3) is 5.82. The first kappa shape index (κ1) is 23.2. The predicted octanol–water partition coefficient (Wildman–Crippen LogP) is 2.06. The molecule has 31 heavy (non-hydrogen) atoms. The smallest absolute Gasteiger partial charge is 0.321 e. The topological polar surface area (TPSA) is 98.8 Å². The number of urea groups is 1. The van der Waals surface area contributed by atoms with Crippen LogP contribution in [0.5, 0.6) is 0 Å². The van der Waals surface area contributed by atoms with Gasteiger partial charge in [-0.15, -0.1) is 0 Å². The molecule has 0 radical (unpaired) electrons. The molecule has 2 aromatic carbocycles. The summed E-state index contributed by atoms with van der Waals surface area (Å²) >= 11 is 6.05. The second-order valence-corrected chi connectivity index (χ2v) is 9.52. The van der Waals surface area contributed by atoms with Crippen molar-refractivity contribution in [2.45, 2.75) is 24.4 Å². The van der Waals surface area contributed by atoms with E-state index in [0.29, 0.717) is 19.6 Å². The number of hydrogen-bond acceptors (Lipinski definition) is 5. The van der Waals surface area contributed by atoms with Crippen molar-refractivity contribution in [3.05, 3.63) is 65.2 Å². The Morgan fingerprint density at radius 3 is 2.26 bits per heavy atom. The van der Waals surface area contributed by atoms with Crippen LogP contribution in [0.3, 0.4) is 0 Å². The standard InChI is InChI=1S/C21H25ClN4O4S/c1-16(20(27)24-21(28)23-15-17-7-3-2-4-8-17)25-11-13-26(14-12-25)31(29,30)19-10-6-5-9-18(19)22/h2-10,16H,11-15H2,1H3,(H2,23,24,27,28). The second-order valence-electron chi connectivity index (χ2n) is 7.20. The van der Waals surface area contributed by atoms with E-state index in [0.717, 1.165) is 5.56 Å². The van der Waals surface area contributed by atoms with Gasteiger partial charge >= 0.3 is 6.03 Å². The maximum atomic E-state index is 12.8. The van der Waals surface area contributed by atoms with Crippen molar-refractivity contribution in [3.8, 4) is 0 Å². The molecule has 1 fully saturated rings. The van der Waals surface area contributed by atoms with Gasteiger partial charge in [-0.3, -0.25) is 15.0 Å². The third-order valence-electron chi connectivity index (χ3n) is 5.19. The first-order valence-electron chi connectivity index (χ1n) is 9.90. The highest BCUT2D eigenvalue weighted by molar-refractivity contribution is 7.89. The van der Waals surface area contributed by atoms with Gasteiger partial charge in [-0.2, -0.15) is 4.31 Å². The number of imide groups is 1. The van der Waals surface area contributed by atoms with Crippen LogP contribution < -0.4 is 10.6 Å². The summed E-state index contributed by atoms with van der Waals surface area (Å²) in [6, 6.07) is 14.6. The van der Waals surface area contributed by atoms with Crippen LogP contribution in [-0.2, 0) is 21.4 Å². The molecular formula is C21H25ClN4O4S. The third-order valence-corrected chi connectivity index (χ3v) is 7.59. The number of hydrogen-bond donors (Lipinski definition) is 2. The Labute approximate surface area is 187 Å². The lowest BCUT2D eigenvalue weighted by Gasteiger charge is -2.36. The van der Waals surface area contributed by atoms with Gasteiger partial charge in [0.15, 0.2) is 0 Å². The fraction of sp³-hybridized carbons (Fsp3) is 0.333. The minimum absolute atomic E-state index is 0.0750. The second kappa shape index (κ2) is 10.2. The van der Waals surface area contributed by atoms with Gasteiger partial charge in [-0.1, -0.05) is 54.1 Å². The Morgan fingerprint density at radius 2 is 1.61 bits per heavy atom. The van der Waals surface area contributed by atoms with Gasteiger partial charge in [0, 0.05) is 32.7 Å². The molecule has 1 heterocycles. The van der Waals surface area contributed by atoms with Gasteiger partial charge in [0.2, 0.25) is 15.9 Å². The fourth-order valence-electron chi connectivity index (χ4n) is 3.33. The van der Waals surface area contributed by atoms with Gasteiger partial charge < -0.3 is 5.32 Å². The van der Waals surface area contributed by atoms with Crippen molar-refractivity contribution < 1.29 is 18.0 Å². The van der Waals surface area contributed by atoms with Crippen molar-refractivity contribution in [1.82, 2.24) is 19.8 Å². The van der Waals surface area contributed by atoms with Crippen LogP contribution in [-0.4, -0.2) is 61.8 Å². The number of carbonyl (C=O) groups excluding carboxylic acids is 2. The SMILES string of the molecule is CC(C(=O)NC(=O)NCc1ccccc1)N1CCN(S(=O)(=O)c2ccccc2Cl)CC1. The molecule has 1 saturated heterocycles. The number of benzene rings is 2. The van der Waals surface area contributed by atoms with Crippen molar-refractivity contribution in [1.29, 1.82) is 0 Å². The molecule has 0 saturated carbocycles. The minimum Gasteiger partial charge on any atom is -0.334 e. The van der Waals surface area contributed by atoms with Crippen molar-refractivity contribution in [2.24, 2.45) is 0 Å². The molecule has 3 rings (SSSR count). The van der Waals surface area contributed by atoms with E-state index in [-0.39, 0.29) is 23.0 Å². The number of halogens is 1. The predicted molar refractivity (Wildman–Crippen MR) is 118 cm³/mol. The Balaban J connectivity index is 1.50. The van der Waals surface area contributed by atoms with Crippen LogP contribution in [0.1, 0.15) is 12.5 Å². The normalized spacial score (nSPS) is 16.5. The average molecular weight is 465 g/mol. The zero-order valence-electron chi connectivity index (χ0n) is 17.1. The minimum atomic E-state index is -3.70. The number of nitrogens with zero attached hydrogens (tertiary/aromatic N) is 2. The molecule has 10 heteroatoms. The van der Waals surface area contributed by atoms with E-state index >= 15 is 0 Å². The zero-order chi connectivity index (χ0) is 22.4. The lowest BCUT2D eigenvalue weighted by Crippen LogP contribution is -2.56. The van der Waals surface area contributed by atoms with Gasteiger partial charge in [0.25, 0.3) is 0 Å². The van der Waals surface area contributed by atoms with Crippen LogP contribution >= 0.6 is 11.6 Å². The molecule has 0 aromatic heterocycles. The van der Waals surface area contributed by atoms with E-state index in [1.165, 1.54) is 10.4 Å². The number of sulfonamides is 1. The highest BCUT2D eigenvalue weighted by atomic mass is 35.5. The van der Waals surface area contributed by atoms with Crippen molar-refractivity contribution >= 4 is 33.6 Å². The van der Waals surface area contributed by atoms with Crippen LogP contribution in [0.25, 0.3) is 0 Å². The van der Waals surface area contributed by atoms with Crippen LogP contribution in [0.2, 0.25) is 5.02 Å². The Bertz CT molecular complexity index is 1020. The number of rotatable bonds is 6. The molecule has 0 spiro atoms. The number of carbonyl (C=O) groups is 2. The van der Waals surface area contributed by atoms with Crippen molar-refractivity contribution in [2.75, 3.05) is 26.2 Å². The van der Waals surface area contributed by atoms with Gasteiger partial charge in [0.1, 0.15) is 4.90 Å². The molecule has 1 unspecified atom stereocenters. The monoisotopic (exact) mass is 464 g/mol. The summed E-state index contributed by atoms with van der Waals surface area (Å²) in [4.78, 5) is 26.4. The molecule has 166 valence electrons. The van der Waals surface area contributed by atoms with Gasteiger partial charge in [-0.05, 0) is 24.6 Å². The summed E-state index contributed by atoms with van der Waals surface area (Å²) in [7, 11) is -3.70. The van der Waals surface area contributed by atoms with E-state index in [9.17, 15) is 18.0 Å². The van der Waals surface area contributed by atoms with E-state index in [2.05, 4.69) is 10.6 Å². The lowest BCUT2D eigenvalue weighted by atomic mass is 10.2. The summed E-state index contributed by atoms with van der Waals surface area (Å²) in [5.41, 5.74) is 0.925. The Morgan fingerprint density at radius 1 is 1.00 bits per heavy atom. The maximum Gasteiger partial charge on any atom is 0.321 e. The Hall–Kier alpha value is -2.46. The quantitative estimate of drug-likeness (QED) is 0.681. The zero-order valence-corrected chi connectivity index (χ0v) is 18.7. The average Bonchev–Trinajstić information content (AvgIpc) is 2.78. The molecule has 8 nitrogen and oxygen atoms in total. The lowest BCUT2D eigenvalue weighted by molar-refractivity contribution is -0.125. The number of nitrogens with one attached hydrogen (secondary N) is 2. The van der Waals surface area contributed by atoms with Gasteiger partial charge in [0.05, 0.1) is 11.1 Å². The molecule has 2 aromatic rings. The summed E-state index contributed by atoms with van der Waals surface area (Å²) in [5.74, 6) is -0.437. The first-order valence-corrected chi connectivity index (χ1v) is 11.7. The van der Waals surface area contributed by atoms with Crippen molar-refractivity contribution in [3.63, 3.8) is 0 Å². The fourth-order valence-corrected chi connectivity index (χ4v) is 5.24. The molecular weight excluding hydrogens is 440 g/mol. The van der Waals surface area contributed by atoms with E-state index in [1.807, 2.05) is 35.2 Å². The molecule has 2 N–H and O–H groups in total. The summed E-state index contributed by atoms with van der Waals surface area (Å²) in [6.07, 6.45) is 0. The van der Waals surface area contributed by atoms with Crippen LogP contribution in [0, 0.1) is 0 Å². The van der Waals surface area contributed by atoms with E-state index < -0.39 is 28.0 Å². The highest BCUT2D eigenvalue weighted by Crippen LogP contribution is 2.25.